The van der Waals surface area contributed by atoms with Crippen LogP contribution in [-0.4, -0.2) is 11.1 Å². The highest BCUT2D eigenvalue weighted by Gasteiger charge is 2.36. The second-order valence-corrected chi connectivity index (χ2v) is 2.74. The van der Waals surface area contributed by atoms with Gasteiger partial charge in [-0.05, 0) is 12.8 Å². The van der Waals surface area contributed by atoms with E-state index in [4.69, 9.17) is 10.4 Å². The summed E-state index contributed by atoms with van der Waals surface area (Å²) in [5.74, 6) is -1.05. The zero-order valence-corrected chi connectivity index (χ0v) is 7.21. The molecule has 66 valence electrons. The molecule has 0 saturated carbocycles. The SMILES string of the molecule is C=CCC(C#N)(CCC)C(=O)O. The summed E-state index contributed by atoms with van der Waals surface area (Å²) in [5.41, 5.74) is -1.25. The lowest BCUT2D eigenvalue weighted by molar-refractivity contribution is -0.145. The Kier molecular flexibility index (Phi) is 4.06. The van der Waals surface area contributed by atoms with Gasteiger partial charge in [0.2, 0.25) is 0 Å². The number of hydrogen-bond donors (Lipinski definition) is 1. The Morgan fingerprint density at radius 1 is 1.83 bits per heavy atom. The fraction of sp³-hybridized carbons (Fsp3) is 0.556. The van der Waals surface area contributed by atoms with Gasteiger partial charge in [-0.25, -0.2) is 0 Å². The van der Waals surface area contributed by atoms with Crippen LogP contribution in [-0.2, 0) is 4.79 Å². The third-order valence-electron chi connectivity index (χ3n) is 1.79. The van der Waals surface area contributed by atoms with Gasteiger partial charge in [0.05, 0.1) is 6.07 Å². The highest BCUT2D eigenvalue weighted by Crippen LogP contribution is 2.27. The second kappa shape index (κ2) is 4.55. The molecular formula is C9H13NO2. The van der Waals surface area contributed by atoms with Crippen molar-refractivity contribution in [3.05, 3.63) is 12.7 Å². The van der Waals surface area contributed by atoms with Crippen LogP contribution in [0.1, 0.15) is 26.2 Å². The number of hydrogen-bond acceptors (Lipinski definition) is 2. The lowest BCUT2D eigenvalue weighted by atomic mass is 9.82. The zero-order valence-electron chi connectivity index (χ0n) is 7.21. The largest absolute Gasteiger partial charge is 0.480 e. The van der Waals surface area contributed by atoms with E-state index in [0.29, 0.717) is 12.8 Å². The van der Waals surface area contributed by atoms with Gasteiger partial charge in [-0.1, -0.05) is 19.4 Å². The van der Waals surface area contributed by atoms with Crippen LogP contribution in [0.4, 0.5) is 0 Å². The summed E-state index contributed by atoms with van der Waals surface area (Å²) >= 11 is 0. The van der Waals surface area contributed by atoms with Crippen LogP contribution >= 0.6 is 0 Å². The Bertz CT molecular complexity index is 217. The second-order valence-electron chi connectivity index (χ2n) is 2.74. The number of rotatable bonds is 5. The number of aliphatic carboxylic acids is 1. The van der Waals surface area contributed by atoms with E-state index in [1.54, 1.807) is 0 Å². The van der Waals surface area contributed by atoms with Gasteiger partial charge < -0.3 is 5.11 Å². The van der Waals surface area contributed by atoms with E-state index >= 15 is 0 Å². The van der Waals surface area contributed by atoms with Crippen LogP contribution in [0.25, 0.3) is 0 Å². The lowest BCUT2D eigenvalue weighted by Gasteiger charge is -2.18. The minimum Gasteiger partial charge on any atom is -0.480 e. The number of carbonyl (C=O) groups is 1. The molecule has 1 unspecified atom stereocenters. The van der Waals surface area contributed by atoms with Crippen molar-refractivity contribution >= 4 is 5.97 Å². The summed E-state index contributed by atoms with van der Waals surface area (Å²) < 4.78 is 0. The van der Waals surface area contributed by atoms with Gasteiger partial charge in [-0.3, -0.25) is 4.79 Å². The molecule has 0 aromatic carbocycles. The summed E-state index contributed by atoms with van der Waals surface area (Å²) in [6.45, 7) is 5.30. The molecule has 0 heterocycles. The maximum Gasteiger partial charge on any atom is 0.324 e. The van der Waals surface area contributed by atoms with Gasteiger partial charge in [0.1, 0.15) is 0 Å². The van der Waals surface area contributed by atoms with Crippen LogP contribution in [0.15, 0.2) is 12.7 Å². The molecule has 0 amide bonds. The van der Waals surface area contributed by atoms with E-state index in [9.17, 15) is 4.79 Å². The van der Waals surface area contributed by atoms with E-state index in [0.717, 1.165) is 0 Å². The molecule has 3 nitrogen and oxygen atoms in total. The monoisotopic (exact) mass is 167 g/mol. The van der Waals surface area contributed by atoms with Gasteiger partial charge in [0.15, 0.2) is 5.41 Å². The van der Waals surface area contributed by atoms with E-state index in [-0.39, 0.29) is 6.42 Å². The summed E-state index contributed by atoms with van der Waals surface area (Å²) in [6, 6.07) is 1.85. The van der Waals surface area contributed by atoms with Gasteiger partial charge >= 0.3 is 5.97 Å². The fourth-order valence-corrected chi connectivity index (χ4v) is 1.12. The first-order valence-corrected chi connectivity index (χ1v) is 3.88. The molecule has 0 aromatic rings. The Morgan fingerprint density at radius 3 is 2.67 bits per heavy atom. The van der Waals surface area contributed by atoms with E-state index in [2.05, 4.69) is 6.58 Å². The van der Waals surface area contributed by atoms with Crippen LogP contribution < -0.4 is 0 Å². The van der Waals surface area contributed by atoms with Crippen molar-refractivity contribution in [3.63, 3.8) is 0 Å². The van der Waals surface area contributed by atoms with Crippen molar-refractivity contribution in [1.82, 2.24) is 0 Å². The van der Waals surface area contributed by atoms with Crippen molar-refractivity contribution in [1.29, 1.82) is 5.26 Å². The molecule has 0 bridgehead atoms. The number of nitrogens with zero attached hydrogens (tertiary/aromatic N) is 1. The topological polar surface area (TPSA) is 61.1 Å². The predicted molar refractivity (Wildman–Crippen MR) is 45.4 cm³/mol. The third kappa shape index (κ3) is 2.09. The summed E-state index contributed by atoms with van der Waals surface area (Å²) in [7, 11) is 0. The number of nitriles is 1. The quantitative estimate of drug-likeness (QED) is 0.636. The predicted octanol–water partition coefficient (Wildman–Crippen LogP) is 1.96. The van der Waals surface area contributed by atoms with Gasteiger partial charge in [-0.15, -0.1) is 6.58 Å². The molecule has 0 aliphatic carbocycles. The Balaban J connectivity index is 4.65. The average molecular weight is 167 g/mol. The average Bonchev–Trinajstić information content (AvgIpc) is 2.03. The minimum absolute atomic E-state index is 0.215. The molecule has 0 fully saturated rings. The molecule has 0 saturated heterocycles. The van der Waals surface area contributed by atoms with Crippen molar-refractivity contribution < 1.29 is 9.90 Å². The molecule has 0 aromatic heterocycles. The molecule has 0 aliphatic rings. The van der Waals surface area contributed by atoms with Crippen molar-refractivity contribution in [2.45, 2.75) is 26.2 Å². The summed E-state index contributed by atoms with van der Waals surface area (Å²) in [5, 5.41) is 17.5. The molecular weight excluding hydrogens is 154 g/mol. The number of allylic oxidation sites excluding steroid dienone is 1. The number of carboxylic acids is 1. The first kappa shape index (κ1) is 10.7. The van der Waals surface area contributed by atoms with E-state index < -0.39 is 11.4 Å². The van der Waals surface area contributed by atoms with E-state index in [1.165, 1.54) is 6.08 Å². The van der Waals surface area contributed by atoms with Crippen molar-refractivity contribution in [2.24, 2.45) is 5.41 Å². The molecule has 1 atom stereocenters. The zero-order chi connectivity index (χ0) is 9.61. The Hall–Kier alpha value is -1.30. The first-order chi connectivity index (χ1) is 5.63. The first-order valence-electron chi connectivity index (χ1n) is 3.88. The molecule has 1 N–H and O–H groups in total. The highest BCUT2D eigenvalue weighted by atomic mass is 16.4. The van der Waals surface area contributed by atoms with Gasteiger partial charge in [0.25, 0.3) is 0 Å². The molecule has 12 heavy (non-hydrogen) atoms. The van der Waals surface area contributed by atoms with Crippen molar-refractivity contribution in [2.75, 3.05) is 0 Å². The normalized spacial score (nSPS) is 14.3. The Morgan fingerprint density at radius 2 is 2.42 bits per heavy atom. The van der Waals surface area contributed by atoms with Gasteiger partial charge in [-0.2, -0.15) is 5.26 Å². The van der Waals surface area contributed by atoms with Gasteiger partial charge in [0, 0.05) is 0 Å². The third-order valence-corrected chi connectivity index (χ3v) is 1.79. The maximum absolute atomic E-state index is 10.8. The van der Waals surface area contributed by atoms with Crippen LogP contribution in [0, 0.1) is 16.7 Å². The molecule has 3 heteroatoms. The summed E-state index contributed by atoms with van der Waals surface area (Å²) in [4.78, 5) is 10.8. The molecule has 0 radical (unpaired) electrons. The fourth-order valence-electron chi connectivity index (χ4n) is 1.12. The highest BCUT2D eigenvalue weighted by molar-refractivity contribution is 5.78. The Labute approximate surface area is 72.3 Å². The van der Waals surface area contributed by atoms with Crippen LogP contribution in [0.2, 0.25) is 0 Å². The van der Waals surface area contributed by atoms with E-state index in [1.807, 2.05) is 13.0 Å². The minimum atomic E-state index is -1.25. The standard InChI is InChI=1S/C9H13NO2/c1-3-5-9(7-10,6-4-2)8(11)12/h3H,1,4-6H2,2H3,(H,11,12). The van der Waals surface area contributed by atoms with Crippen molar-refractivity contribution in [3.8, 4) is 6.07 Å². The summed E-state index contributed by atoms with van der Waals surface area (Å²) in [6.07, 6.45) is 2.76. The molecule has 0 aliphatic heterocycles. The van der Waals surface area contributed by atoms with Crippen LogP contribution in [0.5, 0.6) is 0 Å². The molecule has 0 rings (SSSR count). The smallest absolute Gasteiger partial charge is 0.324 e. The number of carboxylic acid groups (broad SMARTS) is 1. The van der Waals surface area contributed by atoms with Crippen LogP contribution in [0.3, 0.4) is 0 Å². The molecule has 0 spiro atoms. The lowest BCUT2D eigenvalue weighted by Crippen LogP contribution is -2.28. The maximum atomic E-state index is 10.8.